The van der Waals surface area contributed by atoms with Crippen LogP contribution in [0.2, 0.25) is 0 Å². The Kier molecular flexibility index (Phi) is 6.92. The minimum absolute atomic E-state index is 0.177. The van der Waals surface area contributed by atoms with Crippen molar-refractivity contribution in [2.75, 3.05) is 19.4 Å². The third kappa shape index (κ3) is 5.09. The zero-order valence-electron chi connectivity index (χ0n) is 19.3. The first-order valence-electron chi connectivity index (χ1n) is 11.9. The summed E-state index contributed by atoms with van der Waals surface area (Å²) in [5, 5.41) is 14.2. The van der Waals surface area contributed by atoms with Gasteiger partial charge in [-0.25, -0.2) is 15.0 Å². The monoisotopic (exact) mass is 427 g/mol. The van der Waals surface area contributed by atoms with Gasteiger partial charge in [-0.2, -0.15) is 0 Å². The van der Waals surface area contributed by atoms with E-state index in [9.17, 15) is 5.11 Å². The average molecular weight is 428 g/mol. The summed E-state index contributed by atoms with van der Waals surface area (Å²) in [5.74, 6) is 1.67. The minimum Gasteiger partial charge on any atom is -0.474 e. The molecule has 7 heteroatoms. The van der Waals surface area contributed by atoms with Crippen LogP contribution in [0, 0.1) is 0 Å². The van der Waals surface area contributed by atoms with Crippen LogP contribution in [0.1, 0.15) is 76.7 Å². The summed E-state index contributed by atoms with van der Waals surface area (Å²) in [4.78, 5) is 16.5. The fourth-order valence-electron chi connectivity index (χ4n) is 4.84. The molecule has 2 heterocycles. The van der Waals surface area contributed by atoms with Crippen LogP contribution in [0.3, 0.4) is 0 Å². The maximum atomic E-state index is 9.95. The lowest BCUT2D eigenvalue weighted by atomic mass is 9.83. The van der Waals surface area contributed by atoms with E-state index in [1.807, 2.05) is 12.4 Å². The number of aliphatic hydroxyl groups excluding tert-OH is 1. The second-order valence-corrected chi connectivity index (χ2v) is 9.60. The van der Waals surface area contributed by atoms with Crippen molar-refractivity contribution in [1.29, 1.82) is 0 Å². The molecule has 0 radical (unpaired) electrons. The zero-order chi connectivity index (χ0) is 22.0. The van der Waals surface area contributed by atoms with Crippen LogP contribution in [-0.2, 0) is 0 Å². The van der Waals surface area contributed by atoms with E-state index < -0.39 is 0 Å². The van der Waals surface area contributed by atoms with Gasteiger partial charge in [0.25, 0.3) is 0 Å². The molecule has 0 aliphatic heterocycles. The topological polar surface area (TPSA) is 83.4 Å². The standard InChI is InChI=1S/C24H37N5O2/c1-5-15(2)27-24-26-14-21-22(28-24)20(16-6-9-18(30)10-7-16)13-25-23(21)31-19-11-8-17(12-19)29(3)4/h13-19,30H,5-12H2,1-4H3,(H,26,27,28)/t15-,16?,17-,18?,19-/m0/s1. The van der Waals surface area contributed by atoms with Gasteiger partial charge in [-0.05, 0) is 78.3 Å². The maximum absolute atomic E-state index is 9.95. The number of ether oxygens (including phenoxy) is 1. The molecule has 170 valence electrons. The Morgan fingerprint density at radius 2 is 1.90 bits per heavy atom. The van der Waals surface area contributed by atoms with E-state index in [0.29, 0.717) is 29.8 Å². The molecule has 4 rings (SSSR count). The van der Waals surface area contributed by atoms with Crippen LogP contribution in [0.25, 0.3) is 10.9 Å². The first-order valence-corrected chi connectivity index (χ1v) is 11.9. The fraction of sp³-hybridized carbons (Fsp3) is 0.708. The Labute approximate surface area is 185 Å². The predicted octanol–water partition coefficient (Wildman–Crippen LogP) is 4.12. The predicted molar refractivity (Wildman–Crippen MR) is 124 cm³/mol. The Morgan fingerprint density at radius 1 is 1.13 bits per heavy atom. The summed E-state index contributed by atoms with van der Waals surface area (Å²) in [6.45, 7) is 4.29. The highest BCUT2D eigenvalue weighted by atomic mass is 16.5. The molecule has 0 spiro atoms. The van der Waals surface area contributed by atoms with Crippen molar-refractivity contribution in [3.63, 3.8) is 0 Å². The number of fused-ring (bicyclic) bond motifs is 1. The van der Waals surface area contributed by atoms with E-state index in [1.165, 1.54) is 0 Å². The quantitative estimate of drug-likeness (QED) is 0.688. The molecule has 2 aromatic heterocycles. The molecule has 2 saturated carbocycles. The lowest BCUT2D eigenvalue weighted by Gasteiger charge is -2.26. The van der Waals surface area contributed by atoms with Crippen molar-refractivity contribution < 1.29 is 9.84 Å². The normalized spacial score (nSPS) is 27.5. The molecule has 31 heavy (non-hydrogen) atoms. The van der Waals surface area contributed by atoms with Gasteiger partial charge in [-0.3, -0.25) is 0 Å². The van der Waals surface area contributed by atoms with Gasteiger partial charge in [-0.1, -0.05) is 6.92 Å². The number of hydrogen-bond donors (Lipinski definition) is 2. The van der Waals surface area contributed by atoms with E-state index in [0.717, 1.165) is 67.8 Å². The first-order chi connectivity index (χ1) is 14.9. The highest BCUT2D eigenvalue weighted by molar-refractivity contribution is 5.86. The summed E-state index contributed by atoms with van der Waals surface area (Å²) in [6, 6.07) is 0.872. The average Bonchev–Trinajstić information content (AvgIpc) is 3.23. The summed E-state index contributed by atoms with van der Waals surface area (Å²) in [5.41, 5.74) is 2.09. The van der Waals surface area contributed by atoms with Gasteiger partial charge < -0.3 is 20.1 Å². The first kappa shape index (κ1) is 22.2. The number of aliphatic hydroxyl groups is 1. The number of anilines is 1. The molecule has 0 bridgehead atoms. The second kappa shape index (κ2) is 9.65. The lowest BCUT2D eigenvalue weighted by Crippen LogP contribution is -2.26. The van der Waals surface area contributed by atoms with Crippen LogP contribution in [-0.4, -0.2) is 63.3 Å². The highest BCUT2D eigenvalue weighted by Crippen LogP contribution is 2.38. The Morgan fingerprint density at radius 3 is 2.58 bits per heavy atom. The molecule has 2 aromatic rings. The van der Waals surface area contributed by atoms with E-state index in [1.54, 1.807) is 0 Å². The molecule has 2 aliphatic carbocycles. The molecule has 2 fully saturated rings. The summed E-state index contributed by atoms with van der Waals surface area (Å²) >= 11 is 0. The molecule has 0 aromatic carbocycles. The number of rotatable bonds is 7. The van der Waals surface area contributed by atoms with Gasteiger partial charge in [0.2, 0.25) is 11.8 Å². The molecular formula is C24H37N5O2. The molecule has 0 unspecified atom stereocenters. The van der Waals surface area contributed by atoms with E-state index in [4.69, 9.17) is 14.7 Å². The molecule has 3 atom stereocenters. The van der Waals surface area contributed by atoms with Crippen molar-refractivity contribution in [3.05, 3.63) is 18.0 Å². The fourth-order valence-corrected chi connectivity index (χ4v) is 4.84. The largest absolute Gasteiger partial charge is 0.474 e. The third-order valence-electron chi connectivity index (χ3n) is 7.10. The van der Waals surface area contributed by atoms with Gasteiger partial charge >= 0.3 is 0 Å². The number of hydrogen-bond acceptors (Lipinski definition) is 7. The van der Waals surface area contributed by atoms with Gasteiger partial charge in [0.15, 0.2) is 0 Å². The van der Waals surface area contributed by atoms with Crippen LogP contribution in [0.4, 0.5) is 5.95 Å². The van der Waals surface area contributed by atoms with Crippen molar-refractivity contribution in [3.8, 4) is 5.88 Å². The van der Waals surface area contributed by atoms with Crippen LogP contribution >= 0.6 is 0 Å². The van der Waals surface area contributed by atoms with Gasteiger partial charge in [-0.15, -0.1) is 0 Å². The van der Waals surface area contributed by atoms with Gasteiger partial charge in [0, 0.05) is 30.0 Å². The molecule has 7 nitrogen and oxygen atoms in total. The molecule has 2 aliphatic rings. The van der Waals surface area contributed by atoms with Crippen LogP contribution < -0.4 is 10.1 Å². The third-order valence-corrected chi connectivity index (χ3v) is 7.10. The van der Waals surface area contributed by atoms with E-state index >= 15 is 0 Å². The second-order valence-electron chi connectivity index (χ2n) is 9.60. The van der Waals surface area contributed by atoms with Crippen molar-refractivity contribution in [2.24, 2.45) is 0 Å². The SMILES string of the molecule is CC[C@H](C)Nc1ncc2c(O[C@H]3CC[C@H](N(C)C)C3)ncc(C3CCC(O)CC3)c2n1. The summed E-state index contributed by atoms with van der Waals surface area (Å²) in [7, 11) is 4.27. The number of nitrogens with one attached hydrogen (secondary N) is 1. The Hall–Kier alpha value is -1.99. The minimum atomic E-state index is -0.178. The Bertz CT molecular complexity index is 882. The van der Waals surface area contributed by atoms with Crippen LogP contribution in [0.5, 0.6) is 5.88 Å². The maximum Gasteiger partial charge on any atom is 0.224 e. The van der Waals surface area contributed by atoms with Crippen molar-refractivity contribution >= 4 is 16.9 Å². The van der Waals surface area contributed by atoms with Gasteiger partial charge in [0.05, 0.1) is 17.0 Å². The lowest BCUT2D eigenvalue weighted by molar-refractivity contribution is 0.122. The number of nitrogens with zero attached hydrogens (tertiary/aromatic N) is 4. The zero-order valence-corrected chi connectivity index (χ0v) is 19.3. The molecular weight excluding hydrogens is 390 g/mol. The van der Waals surface area contributed by atoms with Gasteiger partial charge in [0.1, 0.15) is 6.10 Å². The molecule has 0 amide bonds. The smallest absolute Gasteiger partial charge is 0.224 e. The number of aromatic nitrogens is 3. The van der Waals surface area contributed by atoms with E-state index in [-0.39, 0.29) is 12.2 Å². The van der Waals surface area contributed by atoms with Crippen LogP contribution in [0.15, 0.2) is 12.4 Å². The van der Waals surface area contributed by atoms with E-state index in [2.05, 4.69) is 43.1 Å². The Balaban J connectivity index is 1.65. The van der Waals surface area contributed by atoms with Crippen molar-refractivity contribution in [2.45, 2.75) is 95.4 Å². The van der Waals surface area contributed by atoms with Crippen molar-refractivity contribution in [1.82, 2.24) is 19.9 Å². The highest BCUT2D eigenvalue weighted by Gasteiger charge is 2.29. The summed E-state index contributed by atoms with van der Waals surface area (Å²) in [6.07, 6.45) is 11.6. The molecule has 2 N–H and O–H groups in total. The summed E-state index contributed by atoms with van der Waals surface area (Å²) < 4.78 is 6.39. The molecule has 0 saturated heterocycles. The number of pyridine rings is 1.